The van der Waals surface area contributed by atoms with Crippen LogP contribution < -0.4 is 5.32 Å². The zero-order valence-electron chi connectivity index (χ0n) is 12.4. The van der Waals surface area contributed by atoms with Crippen molar-refractivity contribution in [3.05, 3.63) is 65.7 Å². The van der Waals surface area contributed by atoms with Gasteiger partial charge in [0, 0.05) is 12.1 Å². The normalized spacial score (nSPS) is 11.7. The highest BCUT2D eigenvalue weighted by atomic mass is 35.5. The Hall–Kier alpha value is -2.13. The first-order valence-corrected chi connectivity index (χ1v) is 7.64. The quantitative estimate of drug-likeness (QED) is 0.629. The van der Waals surface area contributed by atoms with Gasteiger partial charge in [-0.1, -0.05) is 48.5 Å². The summed E-state index contributed by atoms with van der Waals surface area (Å²) in [5.74, 6) is -1.34. The SMILES string of the molecule is Cc1ccccc1N[C@@H](Cc1ccccc1)C(=O)C(=O)CCl. The highest BCUT2D eigenvalue weighted by molar-refractivity contribution is 6.48. The number of carbonyl (C=O) groups excluding carboxylic acids is 2. The zero-order valence-corrected chi connectivity index (χ0v) is 13.1. The Morgan fingerprint density at radius 3 is 2.32 bits per heavy atom. The lowest BCUT2D eigenvalue weighted by Crippen LogP contribution is -2.37. The summed E-state index contributed by atoms with van der Waals surface area (Å²) in [5, 5.41) is 3.18. The number of nitrogens with one attached hydrogen (secondary N) is 1. The number of hydrogen-bond donors (Lipinski definition) is 1. The average Bonchev–Trinajstić information content (AvgIpc) is 2.55. The number of Topliss-reactive ketones (excluding diaryl/α,β-unsaturated/α-hetero) is 2. The summed E-state index contributed by atoms with van der Waals surface area (Å²) in [7, 11) is 0. The highest BCUT2D eigenvalue weighted by Crippen LogP contribution is 2.17. The standard InChI is InChI=1S/C18H18ClNO2/c1-13-7-5-6-10-15(13)20-16(18(22)17(21)12-19)11-14-8-3-2-4-9-14/h2-10,16,20H,11-12H2,1H3/t16-/m0/s1. The third-order valence-electron chi connectivity index (χ3n) is 3.47. The molecule has 1 atom stereocenters. The van der Waals surface area contributed by atoms with E-state index in [1.165, 1.54) is 0 Å². The molecule has 0 bridgehead atoms. The van der Waals surface area contributed by atoms with Gasteiger partial charge in [0.2, 0.25) is 11.6 Å². The molecule has 4 heteroatoms. The summed E-state index contributed by atoms with van der Waals surface area (Å²) in [6.07, 6.45) is 0.441. The lowest BCUT2D eigenvalue weighted by Gasteiger charge is -2.19. The Kier molecular flexibility index (Phi) is 5.73. The van der Waals surface area contributed by atoms with Crippen LogP contribution in [0.4, 0.5) is 5.69 Å². The van der Waals surface area contributed by atoms with Gasteiger partial charge in [-0.2, -0.15) is 0 Å². The number of hydrogen-bond acceptors (Lipinski definition) is 3. The third kappa shape index (κ3) is 4.18. The van der Waals surface area contributed by atoms with Crippen molar-refractivity contribution < 1.29 is 9.59 Å². The lowest BCUT2D eigenvalue weighted by molar-refractivity contribution is -0.135. The molecule has 2 aromatic carbocycles. The number of alkyl halides is 1. The summed E-state index contributed by atoms with van der Waals surface area (Å²) in [5.41, 5.74) is 2.86. The third-order valence-corrected chi connectivity index (χ3v) is 3.71. The molecule has 2 aromatic rings. The number of halogens is 1. The summed E-state index contributed by atoms with van der Waals surface area (Å²) in [4.78, 5) is 24.0. The number of rotatable bonds is 7. The molecular weight excluding hydrogens is 298 g/mol. The van der Waals surface area contributed by atoms with Gasteiger partial charge in [0.15, 0.2) is 0 Å². The van der Waals surface area contributed by atoms with E-state index in [0.717, 1.165) is 16.8 Å². The van der Waals surface area contributed by atoms with E-state index in [2.05, 4.69) is 5.32 Å². The maximum absolute atomic E-state index is 12.3. The minimum atomic E-state index is -0.616. The Labute approximate surface area is 135 Å². The smallest absolute Gasteiger partial charge is 0.222 e. The number of para-hydroxylation sites is 1. The molecule has 0 saturated heterocycles. The monoisotopic (exact) mass is 315 g/mol. The molecule has 0 fully saturated rings. The van der Waals surface area contributed by atoms with E-state index in [-0.39, 0.29) is 5.88 Å². The zero-order chi connectivity index (χ0) is 15.9. The van der Waals surface area contributed by atoms with Crippen molar-refractivity contribution >= 4 is 28.9 Å². The van der Waals surface area contributed by atoms with Crippen LogP contribution in [-0.4, -0.2) is 23.5 Å². The van der Waals surface area contributed by atoms with Crippen LogP contribution in [0.2, 0.25) is 0 Å². The fourth-order valence-corrected chi connectivity index (χ4v) is 2.37. The Balaban J connectivity index is 2.23. The Morgan fingerprint density at radius 2 is 1.68 bits per heavy atom. The van der Waals surface area contributed by atoms with Crippen LogP contribution in [0.25, 0.3) is 0 Å². The van der Waals surface area contributed by atoms with Crippen molar-refractivity contribution in [2.24, 2.45) is 0 Å². The number of carbonyl (C=O) groups is 2. The second kappa shape index (κ2) is 7.76. The summed E-state index contributed by atoms with van der Waals surface area (Å²) < 4.78 is 0. The van der Waals surface area contributed by atoms with Crippen LogP contribution in [0, 0.1) is 6.92 Å². The molecule has 114 valence electrons. The van der Waals surface area contributed by atoms with E-state index in [1.807, 2.05) is 61.5 Å². The maximum Gasteiger partial charge on any atom is 0.222 e. The molecule has 0 radical (unpaired) electrons. The van der Waals surface area contributed by atoms with Gasteiger partial charge >= 0.3 is 0 Å². The minimum Gasteiger partial charge on any atom is -0.374 e. The summed E-state index contributed by atoms with van der Waals surface area (Å²) in [6.45, 7) is 1.95. The predicted octanol–water partition coefficient (Wildman–Crippen LogP) is 3.40. The first-order chi connectivity index (χ1) is 10.6. The van der Waals surface area contributed by atoms with Crippen LogP contribution >= 0.6 is 11.6 Å². The lowest BCUT2D eigenvalue weighted by atomic mass is 9.99. The molecule has 1 N–H and O–H groups in total. The molecule has 0 saturated carbocycles. The average molecular weight is 316 g/mol. The molecule has 0 aliphatic carbocycles. The van der Waals surface area contributed by atoms with E-state index < -0.39 is 17.6 Å². The van der Waals surface area contributed by atoms with Gasteiger partial charge < -0.3 is 5.32 Å². The fraction of sp³-hybridized carbons (Fsp3) is 0.222. The second-order valence-electron chi connectivity index (χ2n) is 5.12. The van der Waals surface area contributed by atoms with Crippen molar-refractivity contribution in [2.45, 2.75) is 19.4 Å². The van der Waals surface area contributed by atoms with Crippen LogP contribution in [0.1, 0.15) is 11.1 Å². The number of benzene rings is 2. The molecular formula is C18H18ClNO2. The van der Waals surface area contributed by atoms with Crippen molar-refractivity contribution in [2.75, 3.05) is 11.2 Å². The van der Waals surface area contributed by atoms with E-state index >= 15 is 0 Å². The first-order valence-electron chi connectivity index (χ1n) is 7.11. The Morgan fingerprint density at radius 1 is 1.05 bits per heavy atom. The number of anilines is 1. The number of aryl methyl sites for hydroxylation is 1. The molecule has 0 aromatic heterocycles. The molecule has 0 spiro atoms. The molecule has 22 heavy (non-hydrogen) atoms. The van der Waals surface area contributed by atoms with E-state index in [4.69, 9.17) is 11.6 Å². The van der Waals surface area contributed by atoms with Gasteiger partial charge in [0.05, 0.1) is 11.9 Å². The predicted molar refractivity (Wildman–Crippen MR) is 89.5 cm³/mol. The van der Waals surface area contributed by atoms with E-state index in [0.29, 0.717) is 6.42 Å². The van der Waals surface area contributed by atoms with E-state index in [9.17, 15) is 9.59 Å². The minimum absolute atomic E-state index is 0.292. The molecule has 0 unspecified atom stereocenters. The molecule has 2 rings (SSSR count). The fourth-order valence-electron chi connectivity index (χ4n) is 2.24. The van der Waals surface area contributed by atoms with Crippen LogP contribution in [0.15, 0.2) is 54.6 Å². The van der Waals surface area contributed by atoms with Gasteiger partial charge in [0.25, 0.3) is 0 Å². The molecule has 0 aliphatic rings. The molecule has 0 aliphatic heterocycles. The van der Waals surface area contributed by atoms with Gasteiger partial charge in [-0.25, -0.2) is 0 Å². The summed E-state index contributed by atoms with van der Waals surface area (Å²) >= 11 is 5.53. The molecule has 3 nitrogen and oxygen atoms in total. The van der Waals surface area contributed by atoms with Gasteiger partial charge in [0.1, 0.15) is 0 Å². The van der Waals surface area contributed by atoms with Crippen molar-refractivity contribution in [1.29, 1.82) is 0 Å². The van der Waals surface area contributed by atoms with Gasteiger partial charge in [-0.15, -0.1) is 11.6 Å². The summed E-state index contributed by atoms with van der Waals surface area (Å²) in [6, 6.07) is 16.7. The van der Waals surface area contributed by atoms with Gasteiger partial charge in [-0.3, -0.25) is 9.59 Å². The van der Waals surface area contributed by atoms with Crippen molar-refractivity contribution in [3.63, 3.8) is 0 Å². The molecule has 0 heterocycles. The highest BCUT2D eigenvalue weighted by Gasteiger charge is 2.25. The topological polar surface area (TPSA) is 46.2 Å². The first kappa shape index (κ1) is 16.2. The second-order valence-corrected chi connectivity index (χ2v) is 5.39. The van der Waals surface area contributed by atoms with Crippen LogP contribution in [0.3, 0.4) is 0 Å². The largest absolute Gasteiger partial charge is 0.374 e. The number of ketones is 2. The van der Waals surface area contributed by atoms with Crippen LogP contribution in [0.5, 0.6) is 0 Å². The van der Waals surface area contributed by atoms with Crippen LogP contribution in [-0.2, 0) is 16.0 Å². The molecule has 0 amide bonds. The Bertz CT molecular complexity index is 655. The van der Waals surface area contributed by atoms with Crippen molar-refractivity contribution in [1.82, 2.24) is 0 Å². The van der Waals surface area contributed by atoms with Gasteiger partial charge in [-0.05, 0) is 24.1 Å². The van der Waals surface area contributed by atoms with E-state index in [1.54, 1.807) is 0 Å². The van der Waals surface area contributed by atoms with Crippen molar-refractivity contribution in [3.8, 4) is 0 Å². The maximum atomic E-state index is 12.3.